The molecule has 52 valence electrons. The Kier molecular flexibility index (Phi) is 1.70. The monoisotopic (exact) mass is 160 g/mol. The van der Waals surface area contributed by atoms with Crippen LogP contribution in [0.2, 0.25) is 0 Å². The van der Waals surface area contributed by atoms with E-state index in [1.165, 1.54) is 18.6 Å². The Morgan fingerprint density at radius 3 is 3.11 bits per heavy atom. The molecule has 2 fully saturated rings. The standard InChI is InChI=1S/C7H12S2/c1-5-4-6-2-3-8-7(6)9-5/h5-7H,2-4H2,1H3. The van der Waals surface area contributed by atoms with Gasteiger partial charge in [0, 0.05) is 5.25 Å². The molecule has 0 saturated carbocycles. The predicted octanol–water partition coefficient (Wildman–Crippen LogP) is 2.59. The molecule has 0 N–H and O–H groups in total. The quantitative estimate of drug-likeness (QED) is 0.534. The van der Waals surface area contributed by atoms with Crippen LogP contribution in [0, 0.1) is 5.92 Å². The molecule has 0 aliphatic carbocycles. The van der Waals surface area contributed by atoms with Crippen LogP contribution in [0.5, 0.6) is 0 Å². The molecule has 0 amide bonds. The molecule has 0 radical (unpaired) electrons. The highest BCUT2D eigenvalue weighted by molar-refractivity contribution is 8.17. The van der Waals surface area contributed by atoms with Crippen LogP contribution in [0.1, 0.15) is 19.8 Å². The van der Waals surface area contributed by atoms with Crippen LogP contribution in [-0.2, 0) is 0 Å². The van der Waals surface area contributed by atoms with E-state index in [-0.39, 0.29) is 0 Å². The smallest absolute Gasteiger partial charge is 0.0533 e. The lowest BCUT2D eigenvalue weighted by atomic mass is 10.0. The number of fused-ring (bicyclic) bond motifs is 1. The Balaban J connectivity index is 2.02. The van der Waals surface area contributed by atoms with Crippen LogP contribution in [0.15, 0.2) is 0 Å². The minimum atomic E-state index is 0.952. The third-order valence-electron chi connectivity index (χ3n) is 2.16. The summed E-state index contributed by atoms with van der Waals surface area (Å²) in [5.41, 5.74) is 0. The molecule has 0 spiro atoms. The molecular formula is C7H12S2. The normalized spacial score (nSPS) is 49.7. The van der Waals surface area contributed by atoms with Gasteiger partial charge in [0.25, 0.3) is 0 Å². The van der Waals surface area contributed by atoms with Gasteiger partial charge in [-0.2, -0.15) is 0 Å². The second-order valence-corrected chi connectivity index (χ2v) is 6.10. The number of rotatable bonds is 0. The fourth-order valence-electron chi connectivity index (χ4n) is 1.70. The average Bonchev–Trinajstić information content (AvgIpc) is 2.22. The number of hydrogen-bond acceptors (Lipinski definition) is 2. The molecule has 2 saturated heterocycles. The minimum absolute atomic E-state index is 0.952. The highest BCUT2D eigenvalue weighted by atomic mass is 32.2. The number of hydrogen-bond donors (Lipinski definition) is 0. The first-order valence-electron chi connectivity index (χ1n) is 3.63. The fraction of sp³-hybridized carbons (Fsp3) is 1.00. The van der Waals surface area contributed by atoms with Crippen LogP contribution < -0.4 is 0 Å². The van der Waals surface area contributed by atoms with E-state index < -0.39 is 0 Å². The van der Waals surface area contributed by atoms with E-state index in [1.807, 2.05) is 0 Å². The molecule has 2 rings (SSSR count). The van der Waals surface area contributed by atoms with Crippen molar-refractivity contribution in [2.75, 3.05) is 5.75 Å². The molecule has 3 atom stereocenters. The summed E-state index contributed by atoms with van der Waals surface area (Å²) < 4.78 is 0.986. The molecule has 2 aliphatic heterocycles. The molecular weight excluding hydrogens is 148 g/mol. The number of thioether (sulfide) groups is 2. The predicted molar refractivity (Wildman–Crippen MR) is 46.0 cm³/mol. The Bertz CT molecular complexity index is 101. The average molecular weight is 160 g/mol. The Morgan fingerprint density at radius 1 is 1.44 bits per heavy atom. The van der Waals surface area contributed by atoms with Gasteiger partial charge in [0.1, 0.15) is 0 Å². The zero-order valence-electron chi connectivity index (χ0n) is 5.67. The Morgan fingerprint density at radius 2 is 2.33 bits per heavy atom. The van der Waals surface area contributed by atoms with Crippen molar-refractivity contribution in [3.05, 3.63) is 0 Å². The SMILES string of the molecule is CC1CC2CCSC2S1. The maximum atomic E-state index is 2.36. The van der Waals surface area contributed by atoms with Crippen molar-refractivity contribution in [3.8, 4) is 0 Å². The molecule has 0 bridgehead atoms. The van der Waals surface area contributed by atoms with Crippen molar-refractivity contribution in [2.45, 2.75) is 29.6 Å². The lowest BCUT2D eigenvalue weighted by Gasteiger charge is -2.02. The van der Waals surface area contributed by atoms with Gasteiger partial charge in [-0.1, -0.05) is 6.92 Å². The first kappa shape index (κ1) is 6.41. The summed E-state index contributed by atoms with van der Waals surface area (Å²) in [6.45, 7) is 2.36. The van der Waals surface area contributed by atoms with Gasteiger partial charge in [0.15, 0.2) is 0 Å². The van der Waals surface area contributed by atoms with Crippen LogP contribution in [0.4, 0.5) is 0 Å². The summed E-state index contributed by atoms with van der Waals surface area (Å²) in [6.07, 6.45) is 2.98. The van der Waals surface area contributed by atoms with E-state index in [4.69, 9.17) is 0 Å². The largest absolute Gasteiger partial charge is 0.147 e. The van der Waals surface area contributed by atoms with Gasteiger partial charge in [-0.3, -0.25) is 0 Å². The van der Waals surface area contributed by atoms with Gasteiger partial charge < -0.3 is 0 Å². The van der Waals surface area contributed by atoms with E-state index in [9.17, 15) is 0 Å². The van der Waals surface area contributed by atoms with Crippen molar-refractivity contribution < 1.29 is 0 Å². The van der Waals surface area contributed by atoms with Crippen molar-refractivity contribution in [1.82, 2.24) is 0 Å². The van der Waals surface area contributed by atoms with Gasteiger partial charge >= 0.3 is 0 Å². The lowest BCUT2D eigenvalue weighted by Crippen LogP contribution is -1.98. The molecule has 2 heteroatoms. The van der Waals surface area contributed by atoms with E-state index in [0.717, 1.165) is 15.7 Å². The van der Waals surface area contributed by atoms with Crippen LogP contribution in [0.25, 0.3) is 0 Å². The molecule has 9 heavy (non-hydrogen) atoms. The van der Waals surface area contributed by atoms with Gasteiger partial charge in [-0.25, -0.2) is 0 Å². The van der Waals surface area contributed by atoms with Crippen LogP contribution in [0.3, 0.4) is 0 Å². The van der Waals surface area contributed by atoms with Gasteiger partial charge in [0.2, 0.25) is 0 Å². The van der Waals surface area contributed by atoms with E-state index in [1.54, 1.807) is 0 Å². The second-order valence-electron chi connectivity index (χ2n) is 2.97. The lowest BCUT2D eigenvalue weighted by molar-refractivity contribution is 0.557. The topological polar surface area (TPSA) is 0 Å². The third kappa shape index (κ3) is 1.12. The van der Waals surface area contributed by atoms with Gasteiger partial charge in [-0.15, -0.1) is 23.5 Å². The van der Waals surface area contributed by atoms with E-state index in [2.05, 4.69) is 30.4 Å². The fourth-order valence-corrected chi connectivity index (χ4v) is 5.35. The summed E-state index contributed by atoms with van der Waals surface area (Å²) in [5, 5.41) is 0.952. The minimum Gasteiger partial charge on any atom is -0.147 e. The summed E-state index contributed by atoms with van der Waals surface area (Å²) in [7, 11) is 0. The van der Waals surface area contributed by atoms with Gasteiger partial charge in [-0.05, 0) is 24.5 Å². The second kappa shape index (κ2) is 2.39. The van der Waals surface area contributed by atoms with Crippen molar-refractivity contribution in [2.24, 2.45) is 5.92 Å². The highest BCUT2D eigenvalue weighted by Gasteiger charge is 2.36. The van der Waals surface area contributed by atoms with Crippen molar-refractivity contribution in [3.63, 3.8) is 0 Å². The van der Waals surface area contributed by atoms with Crippen molar-refractivity contribution >= 4 is 23.5 Å². The summed E-state index contributed by atoms with van der Waals surface area (Å²) >= 11 is 4.38. The van der Waals surface area contributed by atoms with Crippen molar-refractivity contribution in [1.29, 1.82) is 0 Å². The highest BCUT2D eigenvalue weighted by Crippen LogP contribution is 2.50. The first-order chi connectivity index (χ1) is 4.36. The maximum absolute atomic E-state index is 2.36. The first-order valence-corrected chi connectivity index (χ1v) is 5.62. The molecule has 0 aromatic rings. The Labute approximate surface area is 65.2 Å². The van der Waals surface area contributed by atoms with Crippen LogP contribution in [-0.4, -0.2) is 15.6 Å². The summed E-state index contributed by atoms with van der Waals surface area (Å²) in [6, 6.07) is 0. The molecule has 3 unspecified atom stereocenters. The zero-order valence-corrected chi connectivity index (χ0v) is 7.30. The summed E-state index contributed by atoms with van der Waals surface area (Å²) in [4.78, 5) is 0. The molecule has 2 aliphatic rings. The molecule has 2 heterocycles. The Hall–Kier alpha value is 0.700. The maximum Gasteiger partial charge on any atom is 0.0533 e. The van der Waals surface area contributed by atoms with E-state index in [0.29, 0.717) is 0 Å². The molecule has 0 nitrogen and oxygen atoms in total. The van der Waals surface area contributed by atoms with E-state index >= 15 is 0 Å². The van der Waals surface area contributed by atoms with Crippen LogP contribution >= 0.6 is 23.5 Å². The third-order valence-corrected chi connectivity index (χ3v) is 5.39. The van der Waals surface area contributed by atoms with Gasteiger partial charge in [0.05, 0.1) is 4.58 Å². The summed E-state index contributed by atoms with van der Waals surface area (Å²) in [5.74, 6) is 2.50. The zero-order chi connectivity index (χ0) is 6.27. The molecule has 0 aromatic heterocycles. The molecule has 0 aromatic carbocycles.